The van der Waals surface area contributed by atoms with Gasteiger partial charge in [-0.2, -0.15) is 0 Å². The van der Waals surface area contributed by atoms with E-state index in [1.807, 2.05) is 0 Å². The maximum atomic E-state index is 5.55. The summed E-state index contributed by atoms with van der Waals surface area (Å²) < 4.78 is 5.55. The van der Waals surface area contributed by atoms with Crippen molar-refractivity contribution in [2.45, 2.75) is 44.6 Å². The van der Waals surface area contributed by atoms with Crippen molar-refractivity contribution in [1.29, 1.82) is 0 Å². The highest BCUT2D eigenvalue weighted by atomic mass is 16.5. The third kappa shape index (κ3) is 2.70. The lowest BCUT2D eigenvalue weighted by Gasteiger charge is -2.25. The average Bonchev–Trinajstić information content (AvgIpc) is 1.84. The molecule has 0 aromatic heterocycles. The van der Waals surface area contributed by atoms with Crippen LogP contribution < -0.4 is 0 Å². The summed E-state index contributed by atoms with van der Waals surface area (Å²) in [7, 11) is 0. The Balaban J connectivity index is 1.76. The minimum atomic E-state index is 0.616. The van der Waals surface area contributed by atoms with Gasteiger partial charge in [0.25, 0.3) is 0 Å². The highest BCUT2D eigenvalue weighted by Gasteiger charge is 2.16. The van der Waals surface area contributed by atoms with Crippen LogP contribution in [0.25, 0.3) is 0 Å². The van der Waals surface area contributed by atoms with Gasteiger partial charge in [-0.3, -0.25) is 0 Å². The molecule has 1 aliphatic rings. The molecule has 59 valence electrons. The third-order valence-electron chi connectivity index (χ3n) is 2.05. The molecule has 0 aromatic rings. The van der Waals surface area contributed by atoms with Crippen molar-refractivity contribution in [2.75, 3.05) is 6.61 Å². The van der Waals surface area contributed by atoms with Crippen LogP contribution in [0.1, 0.15) is 38.5 Å². The van der Waals surface area contributed by atoms with Crippen LogP contribution in [0.3, 0.4) is 0 Å². The van der Waals surface area contributed by atoms with Crippen LogP contribution in [0, 0.1) is 6.92 Å². The maximum absolute atomic E-state index is 5.55. The summed E-state index contributed by atoms with van der Waals surface area (Å²) >= 11 is 0. The van der Waals surface area contributed by atoms with Gasteiger partial charge in [-0.15, -0.1) is 0 Å². The summed E-state index contributed by atoms with van der Waals surface area (Å²) in [6, 6.07) is 0. The Kier molecular flexibility index (Phi) is 3.81. The van der Waals surface area contributed by atoms with E-state index in [0.29, 0.717) is 6.10 Å². The van der Waals surface area contributed by atoms with E-state index >= 15 is 0 Å². The van der Waals surface area contributed by atoms with E-state index in [1.54, 1.807) is 0 Å². The van der Waals surface area contributed by atoms with Crippen molar-refractivity contribution in [3.8, 4) is 0 Å². The van der Waals surface area contributed by atoms with Gasteiger partial charge in [0, 0.05) is 6.61 Å². The first-order valence-corrected chi connectivity index (χ1v) is 4.34. The van der Waals surface area contributed by atoms with Gasteiger partial charge < -0.3 is 4.74 Å². The molecule has 0 amide bonds. The first kappa shape index (κ1) is 8.06. The van der Waals surface area contributed by atoms with E-state index in [4.69, 9.17) is 4.74 Å². The van der Waals surface area contributed by atoms with Gasteiger partial charge in [0.1, 0.15) is 0 Å². The molecule has 0 aliphatic heterocycles. The molecule has 0 saturated heterocycles. The lowest BCUT2D eigenvalue weighted by molar-refractivity contribution is 0.000865. The highest BCUT2D eigenvalue weighted by molar-refractivity contribution is 4.68. The van der Waals surface area contributed by atoms with Crippen LogP contribution >= 0.6 is 0 Å². The highest BCUT2D eigenvalue weighted by Crippen LogP contribution is 2.21. The molecule has 0 N–H and O–H groups in total. The van der Waals surface area contributed by atoms with Crippen LogP contribution in [-0.4, -0.2) is 12.7 Å². The summed E-state index contributed by atoms with van der Waals surface area (Å²) in [5.41, 5.74) is 0. The summed E-state index contributed by atoms with van der Waals surface area (Å²) in [6.45, 7) is 4.74. The molecule has 0 heterocycles. The van der Waals surface area contributed by atoms with Crippen LogP contribution in [0.2, 0.25) is 0 Å². The quantitative estimate of drug-likeness (QED) is 0.535. The SMILES string of the molecule is [CH2]CCCCOC1CCC1. The zero-order chi connectivity index (χ0) is 7.23. The molecule has 0 bridgehead atoms. The molecule has 0 atom stereocenters. The smallest absolute Gasteiger partial charge is 0.0575 e. The minimum absolute atomic E-state index is 0.616. The zero-order valence-electron chi connectivity index (χ0n) is 6.64. The normalized spacial score (nSPS) is 18.9. The predicted octanol–water partition coefficient (Wildman–Crippen LogP) is 2.56. The number of rotatable bonds is 5. The van der Waals surface area contributed by atoms with Crippen molar-refractivity contribution in [3.05, 3.63) is 6.92 Å². The van der Waals surface area contributed by atoms with Crippen molar-refractivity contribution in [1.82, 2.24) is 0 Å². The van der Waals surface area contributed by atoms with E-state index in [-0.39, 0.29) is 0 Å². The first-order chi connectivity index (χ1) is 4.93. The van der Waals surface area contributed by atoms with Gasteiger partial charge >= 0.3 is 0 Å². The average molecular weight is 141 g/mol. The lowest BCUT2D eigenvalue weighted by Crippen LogP contribution is -2.21. The van der Waals surface area contributed by atoms with E-state index in [1.165, 1.54) is 32.1 Å². The van der Waals surface area contributed by atoms with Gasteiger partial charge in [0.05, 0.1) is 6.10 Å². The summed E-state index contributed by atoms with van der Waals surface area (Å²) in [5, 5.41) is 0. The Morgan fingerprint density at radius 1 is 1.30 bits per heavy atom. The lowest BCUT2D eigenvalue weighted by atomic mass is 9.96. The number of unbranched alkanes of at least 4 members (excludes halogenated alkanes) is 2. The van der Waals surface area contributed by atoms with Gasteiger partial charge in [0.2, 0.25) is 0 Å². The molecular weight excluding hydrogens is 124 g/mol. The fourth-order valence-electron chi connectivity index (χ4n) is 1.07. The molecule has 1 saturated carbocycles. The van der Waals surface area contributed by atoms with Crippen LogP contribution in [0.15, 0.2) is 0 Å². The van der Waals surface area contributed by atoms with E-state index in [2.05, 4.69) is 6.92 Å². The van der Waals surface area contributed by atoms with Crippen molar-refractivity contribution >= 4 is 0 Å². The Labute approximate surface area is 63.8 Å². The second-order valence-corrected chi connectivity index (χ2v) is 2.98. The van der Waals surface area contributed by atoms with Crippen LogP contribution in [0.4, 0.5) is 0 Å². The molecule has 1 heteroatoms. The Morgan fingerprint density at radius 2 is 2.10 bits per heavy atom. The second-order valence-electron chi connectivity index (χ2n) is 2.98. The summed E-state index contributed by atoms with van der Waals surface area (Å²) in [6.07, 6.45) is 8.04. The topological polar surface area (TPSA) is 9.23 Å². The Morgan fingerprint density at radius 3 is 2.60 bits per heavy atom. The Bertz CT molecular complexity index is 76.8. The van der Waals surface area contributed by atoms with Gasteiger partial charge in [-0.25, -0.2) is 0 Å². The Hall–Kier alpha value is -0.0400. The van der Waals surface area contributed by atoms with Gasteiger partial charge in [-0.05, 0) is 25.7 Å². The van der Waals surface area contributed by atoms with Gasteiger partial charge in [0.15, 0.2) is 0 Å². The second kappa shape index (κ2) is 4.73. The molecular formula is C9H17O. The predicted molar refractivity (Wildman–Crippen MR) is 42.8 cm³/mol. The van der Waals surface area contributed by atoms with E-state index in [0.717, 1.165) is 13.0 Å². The zero-order valence-corrected chi connectivity index (χ0v) is 6.64. The van der Waals surface area contributed by atoms with Crippen LogP contribution in [-0.2, 0) is 4.74 Å². The number of ether oxygens (including phenoxy) is 1. The first-order valence-electron chi connectivity index (χ1n) is 4.34. The van der Waals surface area contributed by atoms with Crippen molar-refractivity contribution < 1.29 is 4.74 Å². The van der Waals surface area contributed by atoms with Gasteiger partial charge in [-0.1, -0.05) is 19.8 Å². The molecule has 0 spiro atoms. The number of hydrogen-bond acceptors (Lipinski definition) is 1. The summed E-state index contributed by atoms with van der Waals surface area (Å²) in [4.78, 5) is 0. The largest absolute Gasteiger partial charge is 0.378 e. The minimum Gasteiger partial charge on any atom is -0.378 e. The standard InChI is InChI=1S/C9H17O/c1-2-3-4-8-10-9-6-5-7-9/h9H,1-8H2. The molecule has 1 fully saturated rings. The van der Waals surface area contributed by atoms with Crippen molar-refractivity contribution in [3.63, 3.8) is 0 Å². The molecule has 0 aromatic carbocycles. The molecule has 10 heavy (non-hydrogen) atoms. The van der Waals surface area contributed by atoms with Crippen molar-refractivity contribution in [2.24, 2.45) is 0 Å². The fraction of sp³-hybridized carbons (Fsp3) is 0.889. The third-order valence-corrected chi connectivity index (χ3v) is 2.05. The molecule has 1 nitrogen and oxygen atoms in total. The molecule has 1 rings (SSSR count). The fourth-order valence-corrected chi connectivity index (χ4v) is 1.07. The molecule has 1 radical (unpaired) electrons. The monoisotopic (exact) mass is 141 g/mol. The maximum Gasteiger partial charge on any atom is 0.0575 e. The van der Waals surface area contributed by atoms with E-state index < -0.39 is 0 Å². The van der Waals surface area contributed by atoms with Crippen LogP contribution in [0.5, 0.6) is 0 Å². The molecule has 0 unspecified atom stereocenters. The number of hydrogen-bond donors (Lipinski definition) is 0. The summed E-state index contributed by atoms with van der Waals surface area (Å²) in [5.74, 6) is 0. The molecule has 1 aliphatic carbocycles. The van der Waals surface area contributed by atoms with E-state index in [9.17, 15) is 0 Å².